The normalized spacial score (nSPS) is 11.8. The van der Waals surface area contributed by atoms with Crippen molar-refractivity contribution in [2.75, 3.05) is 0 Å². The van der Waals surface area contributed by atoms with Gasteiger partial charge in [-0.05, 0) is 198 Å². The van der Waals surface area contributed by atoms with Crippen LogP contribution in [0, 0.1) is 0 Å². The highest BCUT2D eigenvalue weighted by Crippen LogP contribution is 2.52. The first-order valence-corrected chi connectivity index (χ1v) is 37.6. The van der Waals surface area contributed by atoms with Crippen LogP contribution in [0.3, 0.4) is 0 Å². The Balaban J connectivity index is 0.823. The molecule has 0 radical (unpaired) electrons. The molecule has 0 aliphatic heterocycles. The Bertz CT molecular complexity index is 5750. The van der Waals surface area contributed by atoms with E-state index in [-0.39, 0.29) is 0 Å². The van der Waals surface area contributed by atoms with Crippen LogP contribution < -0.4 is 9.05 Å². The van der Waals surface area contributed by atoms with E-state index in [1.54, 1.807) is 47.0 Å². The van der Waals surface area contributed by atoms with Gasteiger partial charge in [-0.2, -0.15) is 0 Å². The molecule has 0 unspecified atom stereocenters. The van der Waals surface area contributed by atoms with Gasteiger partial charge in [0.2, 0.25) is 0 Å². The fraction of sp³-hybridized carbons (Fsp3) is 0. The second kappa shape index (κ2) is 24.9. The van der Waals surface area contributed by atoms with Gasteiger partial charge in [0.05, 0.1) is 0 Å². The Morgan fingerprint density at radius 2 is 0.418 bits per heavy atom. The van der Waals surface area contributed by atoms with Gasteiger partial charge in [-0.15, -0.1) is 0 Å². The number of benzene rings is 17. The van der Waals surface area contributed by atoms with Crippen molar-refractivity contribution in [1.29, 1.82) is 0 Å². The van der Waals surface area contributed by atoms with Crippen LogP contribution >= 0.6 is 63.5 Å². The minimum atomic E-state index is -2.24. The fourth-order valence-electron chi connectivity index (χ4n) is 13.8. The second-order valence-electron chi connectivity index (χ2n) is 24.0. The first kappa shape index (κ1) is 58.9. The number of hydrogen-bond donors (Lipinski definition) is 0. The monoisotopic (exact) mass is 1370 g/mol. The zero-order valence-corrected chi connectivity index (χ0v) is 57.1. The van der Waals surface area contributed by atoms with Gasteiger partial charge in [0.25, 0.3) is 0 Å². The van der Waals surface area contributed by atoms with E-state index >= 15 is 0 Å². The summed E-state index contributed by atoms with van der Waals surface area (Å²) in [7, 11) is -4.49. The highest BCUT2D eigenvalue weighted by molar-refractivity contribution is 8.00. The lowest BCUT2D eigenvalue weighted by Gasteiger charge is -2.13. The molecule has 0 saturated carbocycles. The molecule has 0 aliphatic rings. The molecule has 0 bridgehead atoms. The molecular formula is C86H52O6P2S4. The molecule has 0 aliphatic carbocycles. The molecule has 19 aromatic rings. The van der Waals surface area contributed by atoms with Crippen LogP contribution in [0.25, 0.3) is 130 Å². The fourth-order valence-corrected chi connectivity index (χ4v) is 19.5. The Kier molecular flexibility index (Phi) is 15.0. The Labute approximate surface area is 581 Å². The summed E-state index contributed by atoms with van der Waals surface area (Å²) in [5.41, 5.74) is 2.74. The standard InChI is InChI=1S/C86H52O6P2S4/c1-5-24-55(25-6-1)95-59-40-44-71-75(49-59)63-32-13-17-36-67(63)79-80-68-37-18-14-33-64(68)76-50-60(96-56-26-7-2-8-27-56)41-45-72(76)84(80)90-93(89-83(71)79)87-53-22-21-23-54(48-53)88-94-91-85-73-46-42-61(97-57-28-9-3-10-29-57)51-77(73)65-34-15-19-38-69(65)81(85)82-70-39-20-16-35-66(70)78-52-62(43-47-74(78)86(82)92-94)98-58-30-11-4-12-31-58/h1-52H. The predicted octanol–water partition coefficient (Wildman–Crippen LogP) is 28.4. The van der Waals surface area contributed by atoms with Gasteiger partial charge in [-0.1, -0.05) is 223 Å². The molecule has 12 heteroatoms. The van der Waals surface area contributed by atoms with E-state index in [0.29, 0.717) is 33.8 Å². The third kappa shape index (κ3) is 10.7. The molecule has 2 aromatic heterocycles. The summed E-state index contributed by atoms with van der Waals surface area (Å²) < 4.78 is 44.3. The van der Waals surface area contributed by atoms with Gasteiger partial charge in [0, 0.05) is 88.3 Å². The lowest BCUT2D eigenvalue weighted by Crippen LogP contribution is -1.86. The molecule has 17 aromatic carbocycles. The lowest BCUT2D eigenvalue weighted by atomic mass is 9.92. The summed E-state index contributed by atoms with van der Waals surface area (Å²) in [4.78, 5) is 9.12. The van der Waals surface area contributed by atoms with Crippen molar-refractivity contribution in [1.82, 2.24) is 0 Å². The molecule has 466 valence electrons. The van der Waals surface area contributed by atoms with Crippen molar-refractivity contribution in [2.24, 2.45) is 0 Å². The van der Waals surface area contributed by atoms with Gasteiger partial charge in [0.15, 0.2) is 22.3 Å². The van der Waals surface area contributed by atoms with Gasteiger partial charge >= 0.3 is 16.5 Å². The number of hydrogen-bond acceptors (Lipinski definition) is 10. The van der Waals surface area contributed by atoms with E-state index in [1.165, 1.54) is 0 Å². The van der Waals surface area contributed by atoms with Crippen molar-refractivity contribution in [3.8, 4) is 11.5 Å². The maximum absolute atomic E-state index is 7.46. The molecule has 19 rings (SSSR count). The van der Waals surface area contributed by atoms with E-state index in [9.17, 15) is 0 Å². The largest absolute Gasteiger partial charge is 0.453 e. The van der Waals surface area contributed by atoms with Crippen LogP contribution in [0.15, 0.2) is 371 Å². The summed E-state index contributed by atoms with van der Waals surface area (Å²) >= 11 is 6.96. The van der Waals surface area contributed by atoms with Gasteiger partial charge in [-0.25, -0.2) is 0 Å². The number of fused-ring (bicyclic) bond motifs is 26. The summed E-state index contributed by atoms with van der Waals surface area (Å²) in [5, 5.41) is 20.5. The van der Waals surface area contributed by atoms with Crippen LogP contribution in [-0.2, 0) is 0 Å². The SMILES string of the molecule is c1ccc(Sc2ccc3c(c2)c2ccccc2c2c3op(Oc3cccc(Op4oc5c6ccc(Sc7ccccc7)cc6c6ccccc6c5c5c6ccccc6c6cc(Sc7ccccc7)ccc6c5o4)c3)oc3c4ccc(Sc5ccccc5)cc4c4ccccc4c32)cc1. The van der Waals surface area contributed by atoms with E-state index < -0.39 is 16.5 Å². The van der Waals surface area contributed by atoms with E-state index in [1.807, 2.05) is 24.3 Å². The molecule has 98 heavy (non-hydrogen) atoms. The van der Waals surface area contributed by atoms with Crippen LogP contribution in [0.1, 0.15) is 0 Å². The predicted molar refractivity (Wildman–Crippen MR) is 413 cm³/mol. The Morgan fingerprint density at radius 3 is 0.673 bits per heavy atom. The minimum absolute atomic E-state index is 0.474. The molecule has 0 fully saturated rings. The van der Waals surface area contributed by atoms with Crippen LogP contribution in [0.2, 0.25) is 0 Å². The smallest absolute Gasteiger partial charge is 0.391 e. The van der Waals surface area contributed by atoms with Crippen LogP contribution in [0.5, 0.6) is 11.5 Å². The molecule has 0 N–H and O–H groups in total. The van der Waals surface area contributed by atoms with Gasteiger partial charge in [-0.3, -0.25) is 0 Å². The second-order valence-corrected chi connectivity index (χ2v) is 30.5. The zero-order chi connectivity index (χ0) is 64.6. The van der Waals surface area contributed by atoms with E-state index in [2.05, 4.69) is 291 Å². The zero-order valence-electron chi connectivity index (χ0n) is 52.0. The molecule has 0 amide bonds. The maximum atomic E-state index is 7.46. The first-order valence-electron chi connectivity index (χ1n) is 32.2. The van der Waals surface area contributed by atoms with Crippen molar-refractivity contribution >= 4 is 194 Å². The van der Waals surface area contributed by atoms with Crippen molar-refractivity contribution in [3.05, 3.63) is 315 Å². The maximum Gasteiger partial charge on any atom is 0.453 e. The molecule has 6 nitrogen and oxygen atoms in total. The summed E-state index contributed by atoms with van der Waals surface area (Å²) in [5.74, 6) is 0.949. The summed E-state index contributed by atoms with van der Waals surface area (Å²) in [6.45, 7) is 0. The molecule has 0 spiro atoms. The van der Waals surface area contributed by atoms with Crippen molar-refractivity contribution in [3.63, 3.8) is 0 Å². The summed E-state index contributed by atoms with van der Waals surface area (Å²) in [6.07, 6.45) is 0. The highest BCUT2D eigenvalue weighted by atomic mass is 32.2. The van der Waals surface area contributed by atoms with Gasteiger partial charge in [0.1, 0.15) is 11.5 Å². The summed E-state index contributed by atoms with van der Waals surface area (Å²) in [6, 6.07) is 111. The van der Waals surface area contributed by atoms with Crippen LogP contribution in [0.4, 0.5) is 0 Å². The van der Waals surface area contributed by atoms with E-state index in [0.717, 1.165) is 147 Å². The van der Waals surface area contributed by atoms with Crippen LogP contribution in [-0.4, -0.2) is 0 Å². The molecular weight excluding hydrogens is 1320 g/mol. The van der Waals surface area contributed by atoms with Gasteiger partial charge < -0.3 is 25.8 Å². The average molecular weight is 1370 g/mol. The topological polar surface area (TPSA) is 71.0 Å². The quantitative estimate of drug-likeness (QED) is 0.110. The average Bonchev–Trinajstić information content (AvgIpc) is 1.07. The third-order valence-corrected chi connectivity index (χ3v) is 24.1. The lowest BCUT2D eigenvalue weighted by molar-refractivity contribution is 0.487. The molecule has 2 heterocycles. The minimum Gasteiger partial charge on any atom is -0.391 e. The third-order valence-electron chi connectivity index (χ3n) is 18.0. The first-order chi connectivity index (χ1) is 48.5. The Morgan fingerprint density at radius 1 is 0.184 bits per heavy atom. The molecule has 0 atom stereocenters. The Hall–Kier alpha value is -10.4. The number of rotatable bonds is 12. The molecule has 0 saturated heterocycles. The van der Waals surface area contributed by atoms with Crippen molar-refractivity contribution in [2.45, 2.75) is 39.2 Å². The van der Waals surface area contributed by atoms with E-state index in [4.69, 9.17) is 25.8 Å². The van der Waals surface area contributed by atoms with Crippen molar-refractivity contribution < 1.29 is 25.8 Å². The highest BCUT2D eigenvalue weighted by Gasteiger charge is 2.25.